The predicted molar refractivity (Wildman–Crippen MR) is 76.1 cm³/mol. The molecule has 1 rings (SSSR count). The van der Waals surface area contributed by atoms with Gasteiger partial charge in [-0.15, -0.1) is 0 Å². The van der Waals surface area contributed by atoms with E-state index in [0.29, 0.717) is 5.57 Å². The third-order valence-corrected chi connectivity index (χ3v) is 3.38. The van der Waals surface area contributed by atoms with E-state index in [-0.39, 0.29) is 0 Å². The molecule has 0 aliphatic rings. The van der Waals surface area contributed by atoms with Crippen molar-refractivity contribution in [2.75, 3.05) is 0 Å². The summed E-state index contributed by atoms with van der Waals surface area (Å²) in [5.74, 6) is -0.937. The Labute approximate surface area is 113 Å². The van der Waals surface area contributed by atoms with Crippen LogP contribution in [0.25, 0.3) is 6.08 Å². The quantitative estimate of drug-likeness (QED) is 0.652. The van der Waals surface area contributed by atoms with Gasteiger partial charge < -0.3 is 5.11 Å². The van der Waals surface area contributed by atoms with Crippen molar-refractivity contribution in [3.8, 4) is 0 Å². The van der Waals surface area contributed by atoms with Gasteiger partial charge in [0.2, 0.25) is 0 Å². The third-order valence-electron chi connectivity index (χ3n) is 2.80. The van der Waals surface area contributed by atoms with E-state index in [9.17, 15) is 4.79 Å². The first-order valence-corrected chi connectivity index (χ1v) is 6.06. The van der Waals surface area contributed by atoms with E-state index in [4.69, 9.17) is 16.7 Å². The van der Waals surface area contributed by atoms with Gasteiger partial charge in [0.05, 0.1) is 0 Å². The van der Waals surface area contributed by atoms with Crippen LogP contribution in [0.3, 0.4) is 0 Å². The zero-order valence-corrected chi connectivity index (χ0v) is 11.8. The minimum atomic E-state index is -0.937. The zero-order chi connectivity index (χ0) is 13.9. The summed E-state index contributed by atoms with van der Waals surface area (Å²) in [5, 5.41) is 9.40. The standard InChI is InChI=1S/C15H17ClO2/c1-9(7-14(17)18)5-6-13-10(2)8-11(3)15(16)12(13)4/h5-8H,1-4H3,(H,17,18). The number of aliphatic carboxylic acids is 1. The summed E-state index contributed by atoms with van der Waals surface area (Å²) in [6, 6.07) is 2.03. The Balaban J connectivity index is 3.17. The second kappa shape index (κ2) is 5.87. The number of hydrogen-bond acceptors (Lipinski definition) is 1. The predicted octanol–water partition coefficient (Wildman–Crippen LogP) is 4.31. The van der Waals surface area contributed by atoms with E-state index < -0.39 is 5.97 Å². The first-order valence-electron chi connectivity index (χ1n) is 5.68. The van der Waals surface area contributed by atoms with E-state index in [0.717, 1.165) is 27.3 Å². The molecule has 0 aliphatic carbocycles. The maximum Gasteiger partial charge on any atom is 0.328 e. The number of carbonyl (C=O) groups is 1. The summed E-state index contributed by atoms with van der Waals surface area (Å²) >= 11 is 6.21. The number of hydrogen-bond donors (Lipinski definition) is 1. The van der Waals surface area contributed by atoms with Gasteiger partial charge in [-0.3, -0.25) is 0 Å². The van der Waals surface area contributed by atoms with Gasteiger partial charge >= 0.3 is 5.97 Å². The molecule has 1 aromatic carbocycles. The van der Waals surface area contributed by atoms with Crippen molar-refractivity contribution in [2.45, 2.75) is 27.7 Å². The largest absolute Gasteiger partial charge is 0.478 e. The second-order valence-corrected chi connectivity index (χ2v) is 4.80. The molecule has 0 fully saturated rings. The summed E-state index contributed by atoms with van der Waals surface area (Å²) < 4.78 is 0. The lowest BCUT2D eigenvalue weighted by Gasteiger charge is -2.10. The summed E-state index contributed by atoms with van der Waals surface area (Å²) in [7, 11) is 0. The van der Waals surface area contributed by atoms with Gasteiger partial charge in [-0.25, -0.2) is 4.79 Å². The molecule has 0 saturated carbocycles. The van der Waals surface area contributed by atoms with Crippen LogP contribution in [0, 0.1) is 20.8 Å². The molecule has 0 bridgehead atoms. The molecule has 1 aromatic rings. The Morgan fingerprint density at radius 1 is 1.28 bits per heavy atom. The van der Waals surface area contributed by atoms with Crippen LogP contribution in [-0.2, 0) is 4.79 Å². The Hall–Kier alpha value is -1.54. The molecule has 0 unspecified atom stereocenters. The van der Waals surface area contributed by atoms with Gasteiger partial charge in [0.15, 0.2) is 0 Å². The molecule has 1 N–H and O–H groups in total. The summed E-state index contributed by atoms with van der Waals surface area (Å²) in [4.78, 5) is 10.5. The smallest absolute Gasteiger partial charge is 0.328 e. The van der Waals surface area contributed by atoms with Gasteiger partial charge in [0.1, 0.15) is 0 Å². The summed E-state index contributed by atoms with van der Waals surface area (Å²) in [5.41, 5.74) is 4.95. The molecule has 0 heterocycles. The minimum absolute atomic E-state index is 0.693. The zero-order valence-electron chi connectivity index (χ0n) is 11.0. The molecule has 0 amide bonds. The highest BCUT2D eigenvalue weighted by Crippen LogP contribution is 2.27. The molecule has 18 heavy (non-hydrogen) atoms. The number of aryl methyl sites for hydroxylation is 2. The normalized spacial score (nSPS) is 12.2. The number of carboxylic acid groups (broad SMARTS) is 1. The molecular formula is C15H17ClO2. The van der Waals surface area contributed by atoms with E-state index in [1.54, 1.807) is 13.0 Å². The van der Waals surface area contributed by atoms with Gasteiger partial charge in [0, 0.05) is 11.1 Å². The fourth-order valence-electron chi connectivity index (χ4n) is 1.89. The van der Waals surface area contributed by atoms with Crippen LogP contribution in [0.15, 0.2) is 23.8 Å². The molecule has 0 aliphatic heterocycles. The Morgan fingerprint density at radius 3 is 2.44 bits per heavy atom. The van der Waals surface area contributed by atoms with Crippen molar-refractivity contribution in [1.29, 1.82) is 0 Å². The van der Waals surface area contributed by atoms with E-state index in [1.807, 2.05) is 32.9 Å². The molecule has 3 heteroatoms. The van der Waals surface area contributed by atoms with Crippen LogP contribution >= 0.6 is 11.6 Å². The van der Waals surface area contributed by atoms with Crippen molar-refractivity contribution in [2.24, 2.45) is 0 Å². The highest BCUT2D eigenvalue weighted by Gasteiger charge is 2.06. The molecule has 0 radical (unpaired) electrons. The number of carboxylic acids is 1. The van der Waals surface area contributed by atoms with E-state index in [2.05, 4.69) is 0 Å². The second-order valence-electron chi connectivity index (χ2n) is 4.42. The fraction of sp³-hybridized carbons (Fsp3) is 0.267. The Morgan fingerprint density at radius 2 is 1.89 bits per heavy atom. The lowest BCUT2D eigenvalue weighted by molar-refractivity contribution is -0.131. The number of allylic oxidation sites excluding steroid dienone is 2. The average Bonchev–Trinajstić information content (AvgIpc) is 2.25. The van der Waals surface area contributed by atoms with Crippen molar-refractivity contribution < 1.29 is 9.90 Å². The van der Waals surface area contributed by atoms with Gasteiger partial charge in [0.25, 0.3) is 0 Å². The minimum Gasteiger partial charge on any atom is -0.478 e. The fourth-order valence-corrected chi connectivity index (χ4v) is 2.05. The first kappa shape index (κ1) is 14.5. The van der Waals surface area contributed by atoms with Crippen molar-refractivity contribution in [3.05, 3.63) is 51.1 Å². The van der Waals surface area contributed by atoms with Crippen LogP contribution in [-0.4, -0.2) is 11.1 Å². The van der Waals surface area contributed by atoms with Crippen LogP contribution in [0.2, 0.25) is 5.02 Å². The van der Waals surface area contributed by atoms with Gasteiger partial charge in [-0.1, -0.05) is 29.8 Å². The molecule has 0 aromatic heterocycles. The highest BCUT2D eigenvalue weighted by molar-refractivity contribution is 6.32. The monoisotopic (exact) mass is 264 g/mol. The first-order chi connectivity index (χ1) is 8.32. The maximum absolute atomic E-state index is 10.5. The van der Waals surface area contributed by atoms with Crippen molar-refractivity contribution in [3.63, 3.8) is 0 Å². The maximum atomic E-state index is 10.5. The van der Waals surface area contributed by atoms with Crippen molar-refractivity contribution >= 4 is 23.6 Å². The van der Waals surface area contributed by atoms with E-state index in [1.165, 1.54) is 6.08 Å². The van der Waals surface area contributed by atoms with Gasteiger partial charge in [-0.2, -0.15) is 0 Å². The molecular weight excluding hydrogens is 248 g/mol. The number of benzene rings is 1. The van der Waals surface area contributed by atoms with E-state index >= 15 is 0 Å². The van der Waals surface area contributed by atoms with Crippen LogP contribution in [0.4, 0.5) is 0 Å². The third kappa shape index (κ3) is 3.47. The van der Waals surface area contributed by atoms with Crippen LogP contribution < -0.4 is 0 Å². The summed E-state index contributed by atoms with van der Waals surface area (Å²) in [6.45, 7) is 7.72. The molecule has 0 saturated heterocycles. The Kier molecular flexibility index (Phi) is 4.74. The average molecular weight is 265 g/mol. The highest BCUT2D eigenvalue weighted by atomic mass is 35.5. The Bertz CT molecular complexity index is 540. The molecule has 0 atom stereocenters. The molecule has 0 spiro atoms. The van der Waals surface area contributed by atoms with Crippen LogP contribution in [0.5, 0.6) is 0 Å². The van der Waals surface area contributed by atoms with Gasteiger partial charge in [-0.05, 0) is 55.5 Å². The molecule has 2 nitrogen and oxygen atoms in total. The SMILES string of the molecule is CC(C=Cc1c(C)cc(C)c(Cl)c1C)=CC(=O)O. The lowest BCUT2D eigenvalue weighted by Crippen LogP contribution is -1.92. The number of halogens is 1. The number of rotatable bonds is 3. The lowest BCUT2D eigenvalue weighted by atomic mass is 9.98. The van der Waals surface area contributed by atoms with Crippen molar-refractivity contribution in [1.82, 2.24) is 0 Å². The molecule has 96 valence electrons. The summed E-state index contributed by atoms with van der Waals surface area (Å²) in [6.07, 6.45) is 4.87. The van der Waals surface area contributed by atoms with Crippen LogP contribution in [0.1, 0.15) is 29.2 Å². The topological polar surface area (TPSA) is 37.3 Å².